The SMILES string of the molecule is COc1ccc(N2C(=O)C3NNC(c4ccccc4)C3C2c2ccccc2)cc1. The Hall–Kier alpha value is -3.15. The summed E-state index contributed by atoms with van der Waals surface area (Å²) in [5.74, 6) is 0.924. The minimum absolute atomic E-state index is 0.0404. The summed E-state index contributed by atoms with van der Waals surface area (Å²) in [6.07, 6.45) is 0. The Balaban J connectivity index is 1.61. The standard InChI is InChI=1S/C24H23N3O2/c1-29-19-14-12-18(13-15-19)27-23(17-10-6-3-7-11-17)20-21(16-8-4-2-5-9-16)25-26-22(20)24(27)28/h2-15,20-23,25-26H,1H3. The Morgan fingerprint density at radius 3 is 1.97 bits per heavy atom. The molecule has 5 rings (SSSR count). The van der Waals surface area contributed by atoms with Gasteiger partial charge < -0.3 is 9.64 Å². The molecule has 3 aromatic carbocycles. The topological polar surface area (TPSA) is 53.6 Å². The molecule has 2 saturated heterocycles. The van der Waals surface area contributed by atoms with E-state index in [0.717, 1.165) is 17.0 Å². The van der Waals surface area contributed by atoms with Gasteiger partial charge >= 0.3 is 0 Å². The van der Waals surface area contributed by atoms with Gasteiger partial charge in [0, 0.05) is 11.6 Å². The van der Waals surface area contributed by atoms with E-state index in [-0.39, 0.29) is 30.0 Å². The minimum atomic E-state index is -0.285. The Labute approximate surface area is 170 Å². The summed E-state index contributed by atoms with van der Waals surface area (Å²) < 4.78 is 5.29. The number of anilines is 1. The molecule has 0 bridgehead atoms. The third-order valence-electron chi connectivity index (χ3n) is 5.96. The van der Waals surface area contributed by atoms with Crippen molar-refractivity contribution in [3.63, 3.8) is 0 Å². The summed E-state index contributed by atoms with van der Waals surface area (Å²) >= 11 is 0. The molecule has 0 saturated carbocycles. The Morgan fingerprint density at radius 1 is 0.759 bits per heavy atom. The zero-order valence-electron chi connectivity index (χ0n) is 16.2. The average molecular weight is 385 g/mol. The molecular weight excluding hydrogens is 362 g/mol. The summed E-state index contributed by atoms with van der Waals surface area (Å²) in [7, 11) is 1.65. The lowest BCUT2D eigenvalue weighted by Gasteiger charge is -2.31. The van der Waals surface area contributed by atoms with Gasteiger partial charge in [-0.15, -0.1) is 0 Å². The Morgan fingerprint density at radius 2 is 1.34 bits per heavy atom. The molecule has 0 spiro atoms. The van der Waals surface area contributed by atoms with Crippen LogP contribution in [0.15, 0.2) is 84.9 Å². The normalized spacial score (nSPS) is 25.8. The molecule has 4 atom stereocenters. The molecule has 0 radical (unpaired) electrons. The summed E-state index contributed by atoms with van der Waals surface area (Å²) in [6.45, 7) is 0. The fourth-order valence-corrected chi connectivity index (χ4v) is 4.63. The van der Waals surface area contributed by atoms with Gasteiger partial charge in [0.1, 0.15) is 11.8 Å². The van der Waals surface area contributed by atoms with Crippen molar-refractivity contribution in [3.8, 4) is 5.75 Å². The van der Waals surface area contributed by atoms with Crippen LogP contribution < -0.4 is 20.5 Å². The number of carbonyl (C=O) groups is 1. The molecule has 146 valence electrons. The van der Waals surface area contributed by atoms with Crippen molar-refractivity contribution in [1.82, 2.24) is 10.9 Å². The molecule has 2 fully saturated rings. The van der Waals surface area contributed by atoms with Crippen LogP contribution in [0.2, 0.25) is 0 Å². The van der Waals surface area contributed by atoms with Gasteiger partial charge in [0.25, 0.3) is 0 Å². The molecule has 1 amide bonds. The smallest absolute Gasteiger partial charge is 0.246 e. The predicted octanol–water partition coefficient (Wildman–Crippen LogP) is 3.62. The van der Waals surface area contributed by atoms with E-state index in [4.69, 9.17) is 4.74 Å². The number of hydrogen-bond donors (Lipinski definition) is 2. The number of carbonyl (C=O) groups excluding carboxylic acids is 1. The van der Waals surface area contributed by atoms with Crippen molar-refractivity contribution in [1.29, 1.82) is 0 Å². The first-order chi connectivity index (χ1) is 14.3. The van der Waals surface area contributed by atoms with Gasteiger partial charge in [0.15, 0.2) is 0 Å². The van der Waals surface area contributed by atoms with Gasteiger partial charge in [-0.3, -0.25) is 4.79 Å². The lowest BCUT2D eigenvalue weighted by Crippen LogP contribution is -2.41. The zero-order chi connectivity index (χ0) is 19.8. The second kappa shape index (κ2) is 7.35. The summed E-state index contributed by atoms with van der Waals surface area (Å²) in [5, 5.41) is 0. The van der Waals surface area contributed by atoms with Crippen LogP contribution in [-0.2, 0) is 4.79 Å². The van der Waals surface area contributed by atoms with Crippen molar-refractivity contribution >= 4 is 11.6 Å². The molecule has 2 heterocycles. The van der Waals surface area contributed by atoms with Crippen LogP contribution in [0.4, 0.5) is 5.69 Å². The zero-order valence-corrected chi connectivity index (χ0v) is 16.2. The number of hydrazine groups is 1. The highest BCUT2D eigenvalue weighted by atomic mass is 16.5. The quantitative estimate of drug-likeness (QED) is 0.720. The van der Waals surface area contributed by atoms with E-state index < -0.39 is 0 Å². The van der Waals surface area contributed by atoms with Gasteiger partial charge in [-0.25, -0.2) is 10.9 Å². The van der Waals surface area contributed by atoms with Gasteiger partial charge in [-0.2, -0.15) is 0 Å². The van der Waals surface area contributed by atoms with E-state index in [2.05, 4.69) is 35.1 Å². The van der Waals surface area contributed by atoms with Gasteiger partial charge in [-0.1, -0.05) is 60.7 Å². The molecular formula is C24H23N3O2. The highest BCUT2D eigenvalue weighted by Gasteiger charge is 2.55. The van der Waals surface area contributed by atoms with Crippen LogP contribution >= 0.6 is 0 Å². The van der Waals surface area contributed by atoms with Gasteiger partial charge in [0.2, 0.25) is 5.91 Å². The molecule has 2 aliphatic rings. The lowest BCUT2D eigenvalue weighted by atomic mass is 9.83. The van der Waals surface area contributed by atoms with E-state index in [1.165, 1.54) is 5.56 Å². The van der Waals surface area contributed by atoms with Crippen LogP contribution in [0.5, 0.6) is 5.75 Å². The molecule has 2 aliphatic heterocycles. The van der Waals surface area contributed by atoms with E-state index in [0.29, 0.717) is 0 Å². The highest BCUT2D eigenvalue weighted by molar-refractivity contribution is 6.01. The predicted molar refractivity (Wildman–Crippen MR) is 112 cm³/mol. The third kappa shape index (κ3) is 2.99. The van der Waals surface area contributed by atoms with Crippen molar-refractivity contribution in [2.45, 2.75) is 18.1 Å². The lowest BCUT2D eigenvalue weighted by molar-refractivity contribution is -0.119. The molecule has 5 nitrogen and oxygen atoms in total. The Bertz CT molecular complexity index is 992. The number of nitrogens with one attached hydrogen (secondary N) is 2. The fourth-order valence-electron chi connectivity index (χ4n) is 4.63. The first-order valence-corrected chi connectivity index (χ1v) is 9.86. The van der Waals surface area contributed by atoms with Crippen LogP contribution in [0.25, 0.3) is 0 Å². The number of fused-ring (bicyclic) bond motifs is 1. The maximum absolute atomic E-state index is 13.5. The number of methoxy groups -OCH3 is 1. The van der Waals surface area contributed by atoms with E-state index in [9.17, 15) is 4.79 Å². The monoisotopic (exact) mass is 385 g/mol. The van der Waals surface area contributed by atoms with Crippen LogP contribution in [0, 0.1) is 5.92 Å². The number of nitrogens with zero attached hydrogens (tertiary/aromatic N) is 1. The molecule has 0 aromatic heterocycles. The van der Waals surface area contributed by atoms with Crippen molar-refractivity contribution < 1.29 is 9.53 Å². The van der Waals surface area contributed by atoms with Crippen LogP contribution in [0.1, 0.15) is 23.2 Å². The van der Waals surface area contributed by atoms with Gasteiger partial charge in [0.05, 0.1) is 19.2 Å². The van der Waals surface area contributed by atoms with Crippen molar-refractivity contribution in [2.75, 3.05) is 12.0 Å². The molecule has 5 heteroatoms. The Kier molecular flexibility index (Phi) is 4.54. The molecule has 4 unspecified atom stereocenters. The molecule has 0 aliphatic carbocycles. The van der Waals surface area contributed by atoms with Crippen LogP contribution in [0.3, 0.4) is 0 Å². The summed E-state index contributed by atoms with van der Waals surface area (Å²) in [5.41, 5.74) is 9.85. The maximum atomic E-state index is 13.5. The van der Waals surface area contributed by atoms with Crippen molar-refractivity contribution in [3.05, 3.63) is 96.1 Å². The third-order valence-corrected chi connectivity index (χ3v) is 5.96. The second-order valence-electron chi connectivity index (χ2n) is 7.49. The molecule has 2 N–H and O–H groups in total. The molecule has 29 heavy (non-hydrogen) atoms. The van der Waals surface area contributed by atoms with Gasteiger partial charge in [-0.05, 0) is 35.4 Å². The fraction of sp³-hybridized carbons (Fsp3) is 0.208. The van der Waals surface area contributed by atoms with E-state index in [1.54, 1.807) is 7.11 Å². The summed E-state index contributed by atoms with van der Waals surface area (Å²) in [4.78, 5) is 15.4. The number of amides is 1. The number of rotatable bonds is 4. The minimum Gasteiger partial charge on any atom is -0.497 e. The van der Waals surface area contributed by atoms with E-state index >= 15 is 0 Å². The maximum Gasteiger partial charge on any atom is 0.246 e. The number of hydrogen-bond acceptors (Lipinski definition) is 4. The summed E-state index contributed by atoms with van der Waals surface area (Å²) in [6, 6.07) is 28.0. The number of ether oxygens (including phenoxy) is 1. The van der Waals surface area contributed by atoms with Crippen LogP contribution in [-0.4, -0.2) is 19.1 Å². The first-order valence-electron chi connectivity index (χ1n) is 9.86. The van der Waals surface area contributed by atoms with Crippen molar-refractivity contribution in [2.24, 2.45) is 5.92 Å². The first kappa shape index (κ1) is 17.9. The van der Waals surface area contributed by atoms with E-state index in [1.807, 2.05) is 65.6 Å². The number of benzene rings is 3. The largest absolute Gasteiger partial charge is 0.497 e. The second-order valence-corrected chi connectivity index (χ2v) is 7.49. The molecule has 3 aromatic rings. The highest BCUT2D eigenvalue weighted by Crippen LogP contribution is 2.48. The average Bonchev–Trinajstić information content (AvgIpc) is 3.34.